The summed E-state index contributed by atoms with van der Waals surface area (Å²) in [5.74, 6) is -0.0330. The van der Waals surface area contributed by atoms with Crippen molar-refractivity contribution in [2.45, 2.75) is 38.6 Å². The fourth-order valence-electron chi connectivity index (χ4n) is 5.87. The number of amides is 1. The number of aliphatic hydroxyl groups is 1. The highest BCUT2D eigenvalue weighted by atomic mass is 16.7. The molecule has 1 amide bonds. The Morgan fingerprint density at radius 2 is 1.68 bits per heavy atom. The highest BCUT2D eigenvalue weighted by Gasteiger charge is 2.39. The fourth-order valence-corrected chi connectivity index (χ4v) is 5.87. The van der Waals surface area contributed by atoms with E-state index in [2.05, 4.69) is 64.6 Å². The SMILES string of the molecule is C[C@@H]1[C@H](CN2CCOCC2)O[C@H](c2cccc(-c3cccc(CNC(=O)c4cccnc4)c3)c2)O[C@@H]1c1ccc(CO)cc1. The maximum absolute atomic E-state index is 12.5. The van der Waals surface area contributed by atoms with E-state index in [4.69, 9.17) is 14.2 Å². The Morgan fingerprint density at radius 3 is 2.43 bits per heavy atom. The van der Waals surface area contributed by atoms with Crippen LogP contribution < -0.4 is 5.32 Å². The van der Waals surface area contributed by atoms with Crippen molar-refractivity contribution in [1.82, 2.24) is 15.2 Å². The maximum atomic E-state index is 12.5. The minimum atomic E-state index is -0.540. The molecule has 8 nitrogen and oxygen atoms in total. The van der Waals surface area contributed by atoms with Gasteiger partial charge >= 0.3 is 0 Å². The number of nitrogens with zero attached hydrogens (tertiary/aromatic N) is 2. The van der Waals surface area contributed by atoms with Crippen molar-refractivity contribution in [3.8, 4) is 11.1 Å². The summed E-state index contributed by atoms with van der Waals surface area (Å²) in [6.45, 7) is 6.68. The largest absolute Gasteiger partial charge is 0.392 e. The van der Waals surface area contributed by atoms with Gasteiger partial charge in [0, 0.05) is 50.1 Å². The number of carbonyl (C=O) groups is 1. The molecule has 2 fully saturated rings. The summed E-state index contributed by atoms with van der Waals surface area (Å²) in [4.78, 5) is 19.0. The van der Waals surface area contributed by atoms with Crippen LogP contribution in [-0.2, 0) is 27.4 Å². The van der Waals surface area contributed by atoms with Crippen LogP contribution >= 0.6 is 0 Å². The monoisotopic (exact) mass is 593 g/mol. The second-order valence-corrected chi connectivity index (χ2v) is 11.5. The molecule has 0 bridgehead atoms. The number of carbonyl (C=O) groups excluding carboxylic acids is 1. The van der Waals surface area contributed by atoms with Gasteiger partial charge in [0.2, 0.25) is 0 Å². The van der Waals surface area contributed by atoms with Gasteiger partial charge in [0.1, 0.15) is 0 Å². The first-order valence-electron chi connectivity index (χ1n) is 15.3. The molecule has 0 spiro atoms. The Kier molecular flexibility index (Phi) is 9.75. The van der Waals surface area contributed by atoms with E-state index >= 15 is 0 Å². The third kappa shape index (κ3) is 7.23. The van der Waals surface area contributed by atoms with Crippen molar-refractivity contribution in [1.29, 1.82) is 0 Å². The van der Waals surface area contributed by atoms with E-state index < -0.39 is 6.29 Å². The molecule has 3 aromatic carbocycles. The van der Waals surface area contributed by atoms with Gasteiger partial charge < -0.3 is 24.6 Å². The van der Waals surface area contributed by atoms with Crippen LogP contribution in [0.3, 0.4) is 0 Å². The van der Waals surface area contributed by atoms with Crippen LogP contribution in [0.5, 0.6) is 0 Å². The van der Waals surface area contributed by atoms with E-state index in [0.717, 1.165) is 66.2 Å². The van der Waals surface area contributed by atoms with Gasteiger partial charge in [-0.1, -0.05) is 67.6 Å². The lowest BCUT2D eigenvalue weighted by Crippen LogP contribution is -2.47. The Balaban J connectivity index is 1.22. The van der Waals surface area contributed by atoms with Crippen molar-refractivity contribution in [2.75, 3.05) is 32.8 Å². The normalized spacial score (nSPS) is 22.4. The number of morpholine rings is 1. The number of aliphatic hydroxyl groups excluding tert-OH is 1. The Bertz CT molecular complexity index is 1520. The number of pyridine rings is 1. The number of ether oxygens (including phenoxy) is 3. The molecule has 0 aliphatic carbocycles. The quantitative estimate of drug-likeness (QED) is 0.272. The van der Waals surface area contributed by atoms with Gasteiger partial charge in [0.15, 0.2) is 6.29 Å². The number of hydrogen-bond donors (Lipinski definition) is 2. The van der Waals surface area contributed by atoms with Crippen molar-refractivity contribution in [2.24, 2.45) is 5.92 Å². The topological polar surface area (TPSA) is 93.2 Å². The standard InChI is InChI=1S/C36H39N3O5/c1-25-33(23-39-15-17-42-18-16-39)43-36(44-34(25)28-12-10-26(24-40)11-13-28)31-8-3-7-30(20-31)29-6-2-5-27(19-29)21-38-35(41)32-9-4-14-37-22-32/h2-14,19-20,22,25,33-34,36,40H,15-18,21,23-24H2,1H3,(H,38,41)/t25-,33+,34+,36+/m1/s1. The van der Waals surface area contributed by atoms with Crippen molar-refractivity contribution >= 4 is 5.91 Å². The number of rotatable bonds is 9. The zero-order chi connectivity index (χ0) is 30.3. The lowest BCUT2D eigenvalue weighted by Gasteiger charge is -2.43. The predicted octanol–water partition coefficient (Wildman–Crippen LogP) is 5.29. The van der Waals surface area contributed by atoms with E-state index in [-0.39, 0.29) is 30.6 Å². The lowest BCUT2D eigenvalue weighted by atomic mass is 9.89. The Morgan fingerprint density at radius 1 is 0.909 bits per heavy atom. The second kappa shape index (κ2) is 14.2. The van der Waals surface area contributed by atoms with Crippen LogP contribution in [0.1, 0.15) is 51.9 Å². The van der Waals surface area contributed by atoms with Gasteiger partial charge in [-0.25, -0.2) is 0 Å². The summed E-state index contributed by atoms with van der Waals surface area (Å²) in [7, 11) is 0. The molecule has 8 heteroatoms. The van der Waals surface area contributed by atoms with Gasteiger partial charge in [-0.2, -0.15) is 0 Å². The summed E-state index contributed by atoms with van der Waals surface area (Å²) in [5.41, 5.74) is 6.53. The van der Waals surface area contributed by atoms with Crippen molar-refractivity contribution in [3.05, 3.63) is 125 Å². The van der Waals surface area contributed by atoms with Gasteiger partial charge in [-0.05, 0) is 52.1 Å². The molecule has 0 radical (unpaired) electrons. The molecular weight excluding hydrogens is 554 g/mol. The molecule has 2 aliphatic heterocycles. The minimum absolute atomic E-state index is 0.0115. The van der Waals surface area contributed by atoms with Crippen LogP contribution in [0.25, 0.3) is 11.1 Å². The highest BCUT2D eigenvalue weighted by molar-refractivity contribution is 5.93. The van der Waals surface area contributed by atoms with Gasteiger partial charge in [-0.3, -0.25) is 14.7 Å². The average Bonchev–Trinajstić information content (AvgIpc) is 3.09. The van der Waals surface area contributed by atoms with E-state index in [9.17, 15) is 9.90 Å². The van der Waals surface area contributed by atoms with Crippen molar-refractivity contribution in [3.63, 3.8) is 0 Å². The van der Waals surface area contributed by atoms with Crippen LogP contribution in [0, 0.1) is 5.92 Å². The van der Waals surface area contributed by atoms with E-state index in [0.29, 0.717) is 12.1 Å². The van der Waals surface area contributed by atoms with Crippen LogP contribution in [0.4, 0.5) is 0 Å². The number of nitrogens with one attached hydrogen (secondary N) is 1. The number of benzene rings is 3. The maximum Gasteiger partial charge on any atom is 0.253 e. The average molecular weight is 594 g/mol. The molecular formula is C36H39N3O5. The number of aromatic nitrogens is 1. The lowest BCUT2D eigenvalue weighted by molar-refractivity contribution is -0.277. The summed E-state index contributed by atoms with van der Waals surface area (Å²) < 4.78 is 19.0. The summed E-state index contributed by atoms with van der Waals surface area (Å²) in [5, 5.41) is 12.5. The summed E-state index contributed by atoms with van der Waals surface area (Å²) in [6.07, 6.45) is 2.47. The molecule has 44 heavy (non-hydrogen) atoms. The van der Waals surface area contributed by atoms with Crippen LogP contribution in [0.15, 0.2) is 97.3 Å². The molecule has 4 aromatic rings. The van der Waals surface area contributed by atoms with Gasteiger partial charge in [-0.15, -0.1) is 0 Å². The Labute approximate surface area is 258 Å². The van der Waals surface area contributed by atoms with Crippen molar-refractivity contribution < 1.29 is 24.1 Å². The van der Waals surface area contributed by atoms with E-state index in [1.807, 2.05) is 30.3 Å². The van der Waals surface area contributed by atoms with Gasteiger partial charge in [0.25, 0.3) is 5.91 Å². The highest BCUT2D eigenvalue weighted by Crippen LogP contribution is 2.42. The molecule has 1 aromatic heterocycles. The molecule has 6 rings (SSSR count). The third-order valence-electron chi connectivity index (χ3n) is 8.46. The van der Waals surface area contributed by atoms with E-state index in [1.54, 1.807) is 24.5 Å². The molecule has 228 valence electrons. The molecule has 3 heterocycles. The molecule has 0 saturated carbocycles. The molecule has 2 saturated heterocycles. The first-order valence-corrected chi connectivity index (χ1v) is 15.3. The van der Waals surface area contributed by atoms with E-state index in [1.165, 1.54) is 0 Å². The van der Waals surface area contributed by atoms with Crippen LogP contribution in [-0.4, -0.2) is 59.8 Å². The minimum Gasteiger partial charge on any atom is -0.392 e. The smallest absolute Gasteiger partial charge is 0.253 e. The molecule has 0 unspecified atom stereocenters. The molecule has 2 N–H and O–H groups in total. The first-order chi connectivity index (χ1) is 21.6. The zero-order valence-corrected chi connectivity index (χ0v) is 25.0. The zero-order valence-electron chi connectivity index (χ0n) is 25.0. The summed E-state index contributed by atoms with van der Waals surface area (Å²) in [6, 6.07) is 28.0. The third-order valence-corrected chi connectivity index (χ3v) is 8.46. The number of hydrogen-bond acceptors (Lipinski definition) is 7. The summed E-state index contributed by atoms with van der Waals surface area (Å²) >= 11 is 0. The predicted molar refractivity (Wildman–Crippen MR) is 168 cm³/mol. The molecule has 2 aliphatic rings. The second-order valence-electron chi connectivity index (χ2n) is 11.5. The van der Waals surface area contributed by atoms with Crippen LogP contribution in [0.2, 0.25) is 0 Å². The fraction of sp³-hybridized carbons (Fsp3) is 0.333. The van der Waals surface area contributed by atoms with Gasteiger partial charge in [0.05, 0.1) is 37.6 Å². The molecule has 4 atom stereocenters. The Hall–Kier alpha value is -3.92. The first kappa shape index (κ1) is 30.1.